The van der Waals surface area contributed by atoms with Crippen LogP contribution in [0.3, 0.4) is 0 Å². The number of ketones is 3. The second-order valence-electron chi connectivity index (χ2n) is 15.0. The van der Waals surface area contributed by atoms with Gasteiger partial charge in [-0.1, -0.05) is 18.6 Å². The van der Waals surface area contributed by atoms with Gasteiger partial charge in [0, 0.05) is 67.8 Å². The fraction of sp³-hybridized carbons (Fsp3) is 0.512. The number of rotatable bonds is 13. The zero-order valence-electron chi connectivity index (χ0n) is 32.0. The molecule has 2 saturated heterocycles. The molecule has 0 radical (unpaired) electrons. The summed E-state index contributed by atoms with van der Waals surface area (Å²) in [5.74, 6) is -4.50. The van der Waals surface area contributed by atoms with Crippen LogP contribution in [0.1, 0.15) is 108 Å². The first-order valence-corrected chi connectivity index (χ1v) is 19.4. The van der Waals surface area contributed by atoms with Crippen molar-refractivity contribution in [1.29, 1.82) is 0 Å². The van der Waals surface area contributed by atoms with Crippen LogP contribution in [0.5, 0.6) is 11.5 Å². The second-order valence-corrected chi connectivity index (χ2v) is 15.0. The molecule has 57 heavy (non-hydrogen) atoms. The third-order valence-corrected chi connectivity index (χ3v) is 11.3. The summed E-state index contributed by atoms with van der Waals surface area (Å²) < 4.78 is 30.0. The first-order valence-electron chi connectivity index (χ1n) is 19.4. The van der Waals surface area contributed by atoms with Gasteiger partial charge in [0.15, 0.2) is 30.4 Å². The van der Waals surface area contributed by atoms with Crippen LogP contribution in [0.2, 0.25) is 0 Å². The Morgan fingerprint density at radius 3 is 2.44 bits per heavy atom. The summed E-state index contributed by atoms with van der Waals surface area (Å²) in [6, 6.07) is 4.40. The number of benzene rings is 2. The maximum Gasteiger partial charge on any atom is 0.253 e. The number of amides is 3. The summed E-state index contributed by atoms with van der Waals surface area (Å²) in [4.78, 5) is 79.0. The number of nitrogens with one attached hydrogen (secondary N) is 2. The lowest BCUT2D eigenvalue weighted by molar-refractivity contribution is -0.280. The maximum absolute atomic E-state index is 14.4. The molecule has 5 aliphatic rings. The predicted molar refractivity (Wildman–Crippen MR) is 199 cm³/mol. The van der Waals surface area contributed by atoms with Crippen molar-refractivity contribution in [3.05, 3.63) is 63.7 Å². The molecule has 2 aromatic carbocycles. The number of hydrogen-bond donors (Lipinski definition) is 4. The van der Waals surface area contributed by atoms with Gasteiger partial charge in [-0.15, -0.1) is 0 Å². The van der Waals surface area contributed by atoms with Gasteiger partial charge < -0.3 is 39.2 Å². The van der Waals surface area contributed by atoms with Crippen LogP contribution in [0.4, 0.5) is 5.69 Å². The van der Waals surface area contributed by atoms with Crippen molar-refractivity contribution in [3.63, 3.8) is 0 Å². The summed E-state index contributed by atoms with van der Waals surface area (Å²) >= 11 is 0. The number of imide groups is 1. The van der Waals surface area contributed by atoms with E-state index >= 15 is 0 Å². The number of Topliss-reactive ketones (excluding diaryl/α,β-unsaturated/α-hetero) is 1. The fourth-order valence-corrected chi connectivity index (χ4v) is 8.32. The number of hydrogen-bond acceptors (Lipinski definition) is 14. The van der Waals surface area contributed by atoms with Gasteiger partial charge in [0.25, 0.3) is 11.8 Å². The Kier molecular flexibility index (Phi) is 12.0. The molecule has 7 atom stereocenters. The van der Waals surface area contributed by atoms with Crippen molar-refractivity contribution in [2.45, 2.75) is 102 Å². The number of morpholine rings is 1. The highest BCUT2D eigenvalue weighted by atomic mass is 16.7. The fourth-order valence-electron chi connectivity index (χ4n) is 8.32. The Hall–Kier alpha value is -4.84. The van der Waals surface area contributed by atoms with Crippen LogP contribution in [-0.2, 0) is 49.3 Å². The van der Waals surface area contributed by atoms with E-state index in [4.69, 9.17) is 23.7 Å². The van der Waals surface area contributed by atoms with Gasteiger partial charge in [-0.25, -0.2) is 0 Å². The van der Waals surface area contributed by atoms with Gasteiger partial charge in [-0.3, -0.25) is 39.0 Å². The molecular formula is C41H47N3O13. The first kappa shape index (κ1) is 40.4. The van der Waals surface area contributed by atoms with E-state index in [-0.39, 0.29) is 83.0 Å². The highest BCUT2D eigenvalue weighted by Crippen LogP contribution is 2.51. The SMILES string of the molecule is CO[C@H]1OCCN[C@@H]1O[C@H]1CC[C@H](O[C@H]2C[C@H](C(C)=O)Cc3c(O)c4c(c(O)c32)C(=O)c2c(NC(=O)CCCCCN3C(=O)C=CC3=O)cccc2C4=O)O[C@H]1C. The third-order valence-electron chi connectivity index (χ3n) is 11.3. The number of methoxy groups -OCH3 is 1. The molecule has 3 heterocycles. The van der Waals surface area contributed by atoms with Gasteiger partial charge in [-0.2, -0.15) is 0 Å². The van der Waals surface area contributed by atoms with E-state index in [1.54, 1.807) is 0 Å². The van der Waals surface area contributed by atoms with Crippen LogP contribution in [0.25, 0.3) is 0 Å². The predicted octanol–water partition coefficient (Wildman–Crippen LogP) is 3.33. The standard InChI is InChI=1S/C41H47N3O13/c1-20(45)22-18-24-33(27(19-22)56-31-14-11-26(21(2)55-31)57-40-41(53-3)54-17-15-42-40)39(52)35-34(37(24)50)36(49)23-8-7-9-25(32(23)38(35)51)43-28(46)10-5-4-6-16-44-29(47)12-13-30(44)48/h7-9,12-13,21-22,26-27,31,40-42,50,52H,4-6,10-11,14-19H2,1-3H3,(H,43,46)/t21-,22+,26-,27-,31-,40+,41-/m0/s1. The largest absolute Gasteiger partial charge is 0.507 e. The quantitative estimate of drug-likeness (QED) is 0.111. The number of phenolic OH excluding ortho intramolecular Hbond substituents is 2. The van der Waals surface area contributed by atoms with Gasteiger partial charge in [0.05, 0.1) is 47.3 Å². The van der Waals surface area contributed by atoms with Crippen molar-refractivity contribution < 1.29 is 62.7 Å². The van der Waals surface area contributed by atoms with E-state index in [2.05, 4.69) is 10.6 Å². The molecule has 3 amide bonds. The molecule has 2 aromatic rings. The highest BCUT2D eigenvalue weighted by Gasteiger charge is 2.45. The van der Waals surface area contributed by atoms with E-state index < -0.39 is 71.5 Å². The van der Waals surface area contributed by atoms with Crippen molar-refractivity contribution in [3.8, 4) is 11.5 Å². The molecular weight excluding hydrogens is 742 g/mol. The van der Waals surface area contributed by atoms with E-state index in [1.165, 1.54) is 44.4 Å². The van der Waals surface area contributed by atoms with Gasteiger partial charge in [0.2, 0.25) is 5.91 Å². The van der Waals surface area contributed by atoms with E-state index in [9.17, 15) is 39.0 Å². The van der Waals surface area contributed by atoms with Crippen LogP contribution in [0.15, 0.2) is 30.4 Å². The lowest BCUT2D eigenvalue weighted by Gasteiger charge is -2.41. The minimum atomic E-state index is -0.989. The van der Waals surface area contributed by atoms with Gasteiger partial charge in [0.1, 0.15) is 17.3 Å². The molecule has 0 bridgehead atoms. The van der Waals surface area contributed by atoms with Crippen molar-refractivity contribution in [1.82, 2.24) is 10.2 Å². The zero-order valence-corrected chi connectivity index (χ0v) is 32.0. The summed E-state index contributed by atoms with van der Waals surface area (Å²) in [5, 5.41) is 29.6. The highest BCUT2D eigenvalue weighted by molar-refractivity contribution is 6.32. The van der Waals surface area contributed by atoms with Crippen LogP contribution in [0, 0.1) is 5.92 Å². The second kappa shape index (κ2) is 16.9. The number of fused-ring (bicyclic) bond motifs is 3. The molecule has 2 aliphatic carbocycles. The zero-order chi connectivity index (χ0) is 40.5. The Morgan fingerprint density at radius 2 is 1.72 bits per heavy atom. The first-order chi connectivity index (χ1) is 27.4. The number of carbonyl (C=O) groups is 6. The molecule has 16 heteroatoms. The molecule has 16 nitrogen and oxygen atoms in total. The maximum atomic E-state index is 14.4. The molecule has 0 unspecified atom stereocenters. The number of phenols is 2. The van der Waals surface area contributed by atoms with E-state index in [0.29, 0.717) is 45.3 Å². The lowest BCUT2D eigenvalue weighted by Crippen LogP contribution is -2.54. The minimum Gasteiger partial charge on any atom is -0.507 e. The number of unbranched alkanes of at least 4 members (excludes halogenated alkanes) is 2. The normalized spacial score (nSPS) is 26.9. The Bertz CT molecular complexity index is 1990. The van der Waals surface area contributed by atoms with Crippen molar-refractivity contribution >= 4 is 40.8 Å². The lowest BCUT2D eigenvalue weighted by atomic mass is 9.73. The topological polar surface area (TPSA) is 216 Å². The monoisotopic (exact) mass is 789 g/mol. The molecule has 3 aliphatic heterocycles. The smallest absolute Gasteiger partial charge is 0.253 e. The molecule has 0 aromatic heterocycles. The number of ether oxygens (including phenoxy) is 5. The summed E-state index contributed by atoms with van der Waals surface area (Å²) in [5.41, 5.74) is -0.673. The van der Waals surface area contributed by atoms with Crippen LogP contribution < -0.4 is 10.6 Å². The number of nitrogens with zero attached hydrogens (tertiary/aromatic N) is 1. The molecule has 4 N–H and O–H groups in total. The summed E-state index contributed by atoms with van der Waals surface area (Å²) in [6.07, 6.45) is 1.42. The molecule has 7 rings (SSSR count). The van der Waals surface area contributed by atoms with Crippen LogP contribution in [-0.4, -0.2) is 108 Å². The molecule has 304 valence electrons. The Balaban J connectivity index is 1.09. The van der Waals surface area contributed by atoms with Gasteiger partial charge >= 0.3 is 0 Å². The van der Waals surface area contributed by atoms with Crippen LogP contribution >= 0.6 is 0 Å². The molecule has 0 saturated carbocycles. The molecule has 2 fully saturated rings. The summed E-state index contributed by atoms with van der Waals surface area (Å²) in [7, 11) is 1.54. The van der Waals surface area contributed by atoms with E-state index in [0.717, 1.165) is 4.90 Å². The Morgan fingerprint density at radius 1 is 0.965 bits per heavy atom. The number of carbonyl (C=O) groups excluding carboxylic acids is 6. The average Bonchev–Trinajstić information content (AvgIpc) is 3.51. The average molecular weight is 790 g/mol. The van der Waals surface area contributed by atoms with Crippen molar-refractivity contribution in [2.75, 3.05) is 32.1 Å². The summed E-state index contributed by atoms with van der Waals surface area (Å²) in [6.45, 7) is 4.59. The minimum absolute atomic E-state index is 0.0120. The Labute approximate surface area is 328 Å². The number of aromatic hydroxyl groups is 2. The molecule has 0 spiro atoms. The van der Waals surface area contributed by atoms with Crippen molar-refractivity contribution in [2.24, 2.45) is 5.92 Å². The van der Waals surface area contributed by atoms with Gasteiger partial charge in [-0.05, 0) is 52.0 Å². The van der Waals surface area contributed by atoms with E-state index in [1.807, 2.05) is 6.92 Å². The third kappa shape index (κ3) is 8.02. The number of anilines is 1.